The van der Waals surface area contributed by atoms with E-state index in [4.69, 9.17) is 19.9 Å². The third-order valence-electron chi connectivity index (χ3n) is 11.1. The predicted octanol–water partition coefficient (Wildman–Crippen LogP) is 14.4. The molecule has 0 saturated heterocycles. The molecule has 3 heterocycles. The highest BCUT2D eigenvalue weighted by molar-refractivity contribution is 6.09. The fourth-order valence-corrected chi connectivity index (χ4v) is 7.83. The normalized spacial score (nSPS) is 11.4. The smallest absolute Gasteiger partial charge is 0.160 e. The first-order valence-electron chi connectivity index (χ1n) is 20.2. The van der Waals surface area contributed by atoms with Gasteiger partial charge in [-0.3, -0.25) is 4.98 Å². The van der Waals surface area contributed by atoms with Crippen molar-refractivity contribution >= 4 is 21.8 Å². The van der Waals surface area contributed by atoms with Gasteiger partial charge in [-0.2, -0.15) is 0 Å². The second-order valence-corrected chi connectivity index (χ2v) is 15.3. The largest absolute Gasteiger partial charge is 0.250 e. The Bertz CT molecular complexity index is 3090. The number of hydrogen-bond acceptors (Lipinski definition) is 4. The van der Waals surface area contributed by atoms with Crippen LogP contribution in [0.4, 0.5) is 0 Å². The zero-order chi connectivity index (χ0) is 39.7. The van der Waals surface area contributed by atoms with Gasteiger partial charge in [0.15, 0.2) is 5.82 Å². The molecule has 0 atom stereocenters. The minimum Gasteiger partial charge on any atom is -0.250 e. The summed E-state index contributed by atoms with van der Waals surface area (Å²) in [5, 5.41) is 2.17. The van der Waals surface area contributed by atoms with E-state index in [-0.39, 0.29) is 0 Å². The summed E-state index contributed by atoms with van der Waals surface area (Å²) < 4.78 is 0. The molecule has 59 heavy (non-hydrogen) atoms. The third-order valence-corrected chi connectivity index (χ3v) is 11.1. The highest BCUT2D eigenvalue weighted by atomic mass is 14.9. The van der Waals surface area contributed by atoms with Crippen LogP contribution >= 0.6 is 0 Å². The summed E-state index contributed by atoms with van der Waals surface area (Å²) in [6, 6.07) is 70.2. The molecule has 4 nitrogen and oxygen atoms in total. The Morgan fingerprint density at radius 3 is 1.42 bits per heavy atom. The molecule has 10 rings (SSSR count). The number of hydrogen-bond donors (Lipinski definition) is 0. The highest BCUT2D eigenvalue weighted by Gasteiger charge is 2.16. The number of nitrogens with zero attached hydrogens (tertiary/aromatic N) is 4. The van der Waals surface area contributed by atoms with Crippen molar-refractivity contribution < 1.29 is 0 Å². The number of benzene rings is 7. The van der Waals surface area contributed by atoms with E-state index in [0.717, 1.165) is 89.1 Å². The van der Waals surface area contributed by atoms with Crippen molar-refractivity contribution in [3.63, 3.8) is 0 Å². The Kier molecular flexibility index (Phi) is 9.36. The molecule has 0 amide bonds. The molecule has 4 heteroatoms. The van der Waals surface area contributed by atoms with Crippen molar-refractivity contribution in [2.45, 2.75) is 19.8 Å². The van der Waals surface area contributed by atoms with Crippen LogP contribution in [-0.4, -0.2) is 19.9 Å². The first-order valence-corrected chi connectivity index (χ1v) is 20.2. The molecule has 0 unspecified atom stereocenters. The van der Waals surface area contributed by atoms with E-state index in [1.54, 1.807) is 0 Å². The second-order valence-electron chi connectivity index (χ2n) is 15.3. The molecule has 10 aromatic rings. The van der Waals surface area contributed by atoms with Crippen molar-refractivity contribution in [3.8, 4) is 78.5 Å². The summed E-state index contributed by atoms with van der Waals surface area (Å²) in [5.74, 6) is 1.01. The molecule has 3 aromatic heterocycles. The molecule has 0 aliphatic rings. The van der Waals surface area contributed by atoms with Crippen LogP contribution in [0.5, 0.6) is 0 Å². The van der Waals surface area contributed by atoms with E-state index in [2.05, 4.69) is 184 Å². The van der Waals surface area contributed by atoms with Gasteiger partial charge in [0.1, 0.15) is 0 Å². The standard InChI is InChI=1S/C55H40N4/c1-36(2)49-32-30-43-29-31-47-48(34-50(40-15-8-4-9-16-40)57-54(47)53(43)56-49)46-20-12-19-45(33-46)39-23-27-42(28-24-39)52-35-51(58-55(59-52)44-17-10-5-11-18-44)41-25-21-38(22-26-41)37-13-6-3-7-14-37/h3-36H,1-2H3. The minimum absolute atomic E-state index is 0.314. The summed E-state index contributed by atoms with van der Waals surface area (Å²) >= 11 is 0. The molecule has 0 bridgehead atoms. The summed E-state index contributed by atoms with van der Waals surface area (Å²) in [5.41, 5.74) is 16.6. The SMILES string of the molecule is CC(C)c1ccc2ccc3c(-c4cccc(-c5ccc(-c6cc(-c7ccc(-c8ccccc8)cc7)nc(-c7ccccc7)n6)cc5)c4)cc(-c4ccccc4)nc3c2n1. The lowest BCUT2D eigenvalue weighted by atomic mass is 9.94. The van der Waals surface area contributed by atoms with Gasteiger partial charge in [-0.05, 0) is 63.6 Å². The average molecular weight is 757 g/mol. The quantitative estimate of drug-likeness (QED) is 0.145. The Morgan fingerprint density at radius 2 is 0.797 bits per heavy atom. The Labute approximate surface area is 344 Å². The van der Waals surface area contributed by atoms with Gasteiger partial charge in [-0.25, -0.2) is 15.0 Å². The fourth-order valence-electron chi connectivity index (χ4n) is 7.83. The van der Waals surface area contributed by atoms with E-state index in [0.29, 0.717) is 11.7 Å². The zero-order valence-electron chi connectivity index (χ0n) is 32.9. The lowest BCUT2D eigenvalue weighted by Gasteiger charge is -2.14. The van der Waals surface area contributed by atoms with Crippen LogP contribution in [0.15, 0.2) is 200 Å². The molecule has 0 aliphatic carbocycles. The Balaban J connectivity index is 1.03. The maximum atomic E-state index is 5.27. The third kappa shape index (κ3) is 7.17. The molecule has 0 fully saturated rings. The number of fused-ring (bicyclic) bond motifs is 3. The Hall–Kier alpha value is -7.56. The summed E-state index contributed by atoms with van der Waals surface area (Å²) in [6.07, 6.45) is 0. The second kappa shape index (κ2) is 15.4. The summed E-state index contributed by atoms with van der Waals surface area (Å²) in [6.45, 7) is 4.37. The molecule has 7 aromatic carbocycles. The van der Waals surface area contributed by atoms with Crippen molar-refractivity contribution in [1.82, 2.24) is 19.9 Å². The molecule has 0 radical (unpaired) electrons. The van der Waals surface area contributed by atoms with Crippen LogP contribution in [-0.2, 0) is 0 Å². The van der Waals surface area contributed by atoms with Crippen molar-refractivity contribution in [3.05, 3.63) is 206 Å². The predicted molar refractivity (Wildman–Crippen MR) is 245 cm³/mol. The van der Waals surface area contributed by atoms with Gasteiger partial charge < -0.3 is 0 Å². The number of pyridine rings is 2. The van der Waals surface area contributed by atoms with Crippen LogP contribution in [0.1, 0.15) is 25.5 Å². The molecular weight excluding hydrogens is 717 g/mol. The first-order chi connectivity index (χ1) is 29.0. The van der Waals surface area contributed by atoms with Gasteiger partial charge in [-0.1, -0.05) is 190 Å². The van der Waals surface area contributed by atoms with Gasteiger partial charge in [0, 0.05) is 38.7 Å². The van der Waals surface area contributed by atoms with E-state index in [9.17, 15) is 0 Å². The van der Waals surface area contributed by atoms with Crippen LogP contribution in [0.25, 0.3) is 100 Å². The molecule has 0 aliphatic heterocycles. The highest BCUT2D eigenvalue weighted by Crippen LogP contribution is 2.38. The van der Waals surface area contributed by atoms with Crippen LogP contribution in [0.3, 0.4) is 0 Å². The lowest BCUT2D eigenvalue weighted by Crippen LogP contribution is -1.96. The fraction of sp³-hybridized carbons (Fsp3) is 0.0545. The zero-order valence-corrected chi connectivity index (χ0v) is 32.9. The average Bonchev–Trinajstić information content (AvgIpc) is 3.31. The van der Waals surface area contributed by atoms with Gasteiger partial charge in [0.05, 0.1) is 28.1 Å². The summed E-state index contributed by atoms with van der Waals surface area (Å²) in [4.78, 5) is 20.6. The molecule has 280 valence electrons. The minimum atomic E-state index is 0.314. The van der Waals surface area contributed by atoms with E-state index >= 15 is 0 Å². The van der Waals surface area contributed by atoms with Gasteiger partial charge >= 0.3 is 0 Å². The molecule has 0 N–H and O–H groups in total. The summed E-state index contributed by atoms with van der Waals surface area (Å²) in [7, 11) is 0. The van der Waals surface area contributed by atoms with Crippen molar-refractivity contribution in [1.29, 1.82) is 0 Å². The first kappa shape index (κ1) is 35.8. The number of rotatable bonds is 8. The van der Waals surface area contributed by atoms with Crippen LogP contribution < -0.4 is 0 Å². The molecular formula is C55H40N4. The van der Waals surface area contributed by atoms with Gasteiger partial charge in [-0.15, -0.1) is 0 Å². The number of aromatic nitrogens is 4. The molecule has 0 spiro atoms. The van der Waals surface area contributed by atoms with E-state index < -0.39 is 0 Å². The van der Waals surface area contributed by atoms with Gasteiger partial charge in [0.2, 0.25) is 0 Å². The van der Waals surface area contributed by atoms with Crippen LogP contribution in [0.2, 0.25) is 0 Å². The van der Waals surface area contributed by atoms with Crippen LogP contribution in [0, 0.1) is 0 Å². The van der Waals surface area contributed by atoms with Crippen molar-refractivity contribution in [2.24, 2.45) is 0 Å². The Morgan fingerprint density at radius 1 is 0.322 bits per heavy atom. The lowest BCUT2D eigenvalue weighted by molar-refractivity contribution is 0.830. The maximum Gasteiger partial charge on any atom is 0.160 e. The van der Waals surface area contributed by atoms with E-state index in [1.165, 1.54) is 11.1 Å². The monoisotopic (exact) mass is 756 g/mol. The molecule has 0 saturated carbocycles. The topological polar surface area (TPSA) is 51.6 Å². The van der Waals surface area contributed by atoms with Gasteiger partial charge in [0.25, 0.3) is 0 Å². The van der Waals surface area contributed by atoms with E-state index in [1.807, 2.05) is 30.3 Å². The van der Waals surface area contributed by atoms with Crippen molar-refractivity contribution in [2.75, 3.05) is 0 Å². The maximum absolute atomic E-state index is 5.27.